The fourth-order valence-corrected chi connectivity index (χ4v) is 6.13. The summed E-state index contributed by atoms with van der Waals surface area (Å²) in [5.74, 6) is -0.884. The molecule has 0 N–H and O–H groups in total. The van der Waals surface area contributed by atoms with E-state index >= 15 is 0 Å². The quantitative estimate of drug-likeness (QED) is 0.411. The number of hydrogen-bond donors (Lipinski definition) is 0. The van der Waals surface area contributed by atoms with Crippen molar-refractivity contribution in [2.45, 2.75) is 11.8 Å². The van der Waals surface area contributed by atoms with Crippen molar-refractivity contribution in [2.24, 2.45) is 16.9 Å². The summed E-state index contributed by atoms with van der Waals surface area (Å²) in [5.41, 5.74) is 5.05. The lowest BCUT2D eigenvalue weighted by atomic mass is 9.55. The predicted molar refractivity (Wildman–Crippen MR) is 128 cm³/mol. The predicted octanol–water partition coefficient (Wildman–Crippen LogP) is 4.58. The van der Waals surface area contributed by atoms with E-state index in [1.165, 1.54) is 20.4 Å². The van der Waals surface area contributed by atoms with E-state index < -0.39 is 11.8 Å². The largest absolute Gasteiger partial charge is 0.496 e. The molecule has 0 saturated carbocycles. The van der Waals surface area contributed by atoms with Crippen LogP contribution in [0.5, 0.6) is 11.5 Å². The van der Waals surface area contributed by atoms with E-state index in [0.717, 1.165) is 27.3 Å². The summed E-state index contributed by atoms with van der Waals surface area (Å²) >= 11 is 6.27. The third-order valence-electron chi connectivity index (χ3n) is 7.24. The molecule has 1 saturated heterocycles. The summed E-state index contributed by atoms with van der Waals surface area (Å²) in [5, 5.41) is 5.75. The fourth-order valence-electron chi connectivity index (χ4n) is 5.88. The molecule has 170 valence electrons. The minimum Gasteiger partial charge on any atom is -0.496 e. The van der Waals surface area contributed by atoms with Crippen LogP contribution in [0.15, 0.2) is 65.8 Å². The highest BCUT2D eigenvalue weighted by molar-refractivity contribution is 6.32. The maximum absolute atomic E-state index is 13.6. The van der Waals surface area contributed by atoms with E-state index in [1.54, 1.807) is 12.1 Å². The minimum atomic E-state index is -0.471. The number of hydrazone groups is 1. The van der Waals surface area contributed by atoms with Gasteiger partial charge in [-0.05, 0) is 28.3 Å². The third kappa shape index (κ3) is 2.78. The summed E-state index contributed by atoms with van der Waals surface area (Å²) in [6, 6.07) is 19.6. The van der Waals surface area contributed by atoms with Crippen molar-refractivity contribution in [3.63, 3.8) is 0 Å². The maximum Gasteiger partial charge on any atom is 0.254 e. The Morgan fingerprint density at radius 1 is 0.794 bits per heavy atom. The number of imide groups is 1. The molecule has 0 aromatic heterocycles. The number of carbonyl (C=O) groups is 2. The van der Waals surface area contributed by atoms with Crippen LogP contribution in [0.3, 0.4) is 0 Å². The van der Waals surface area contributed by atoms with E-state index in [4.69, 9.17) is 21.1 Å². The van der Waals surface area contributed by atoms with Crippen LogP contribution in [-0.4, -0.2) is 37.3 Å². The van der Waals surface area contributed by atoms with E-state index in [-0.39, 0.29) is 23.7 Å². The highest BCUT2D eigenvalue weighted by Gasteiger charge is 2.61. The van der Waals surface area contributed by atoms with Crippen molar-refractivity contribution >= 4 is 29.6 Å². The Morgan fingerprint density at radius 2 is 1.26 bits per heavy atom. The van der Waals surface area contributed by atoms with Crippen LogP contribution >= 0.6 is 11.6 Å². The van der Waals surface area contributed by atoms with Crippen LogP contribution in [0.4, 0.5) is 0 Å². The van der Waals surface area contributed by atoms with Gasteiger partial charge < -0.3 is 9.47 Å². The highest BCUT2D eigenvalue weighted by Crippen LogP contribution is 2.60. The van der Waals surface area contributed by atoms with Crippen LogP contribution < -0.4 is 9.47 Å². The van der Waals surface area contributed by atoms with Gasteiger partial charge in [-0.3, -0.25) is 9.59 Å². The molecule has 0 unspecified atom stereocenters. The molecule has 2 amide bonds. The zero-order chi connectivity index (χ0) is 23.6. The SMILES string of the molecule is COc1cc(OC)c(/C=N\N2C(=O)[C@H]3C4c5ccccc5C(c5ccccc54)[C@@H]3C2=O)cc1Cl. The number of methoxy groups -OCH3 is 2. The van der Waals surface area contributed by atoms with Gasteiger partial charge in [-0.1, -0.05) is 60.1 Å². The lowest BCUT2D eigenvalue weighted by Crippen LogP contribution is -2.41. The Bertz CT molecular complexity index is 1270. The van der Waals surface area contributed by atoms with E-state index in [0.29, 0.717) is 22.1 Å². The molecule has 34 heavy (non-hydrogen) atoms. The van der Waals surface area contributed by atoms with Gasteiger partial charge in [0.25, 0.3) is 11.8 Å². The zero-order valence-electron chi connectivity index (χ0n) is 18.6. The zero-order valence-corrected chi connectivity index (χ0v) is 19.3. The van der Waals surface area contributed by atoms with Crippen molar-refractivity contribution in [3.8, 4) is 11.5 Å². The number of rotatable bonds is 4. The fraction of sp³-hybridized carbons (Fsp3) is 0.222. The van der Waals surface area contributed by atoms with E-state index in [2.05, 4.69) is 29.4 Å². The molecule has 7 rings (SSSR count). The molecule has 2 atom stereocenters. The summed E-state index contributed by atoms with van der Waals surface area (Å²) in [4.78, 5) is 27.2. The molecule has 7 heteroatoms. The molecule has 0 spiro atoms. The van der Waals surface area contributed by atoms with Crippen molar-refractivity contribution in [2.75, 3.05) is 14.2 Å². The molecular formula is C27H21ClN2O4. The van der Waals surface area contributed by atoms with Gasteiger partial charge in [0.1, 0.15) is 11.5 Å². The summed E-state index contributed by atoms with van der Waals surface area (Å²) < 4.78 is 10.7. The molecule has 3 aromatic carbocycles. The first-order valence-corrected chi connectivity index (χ1v) is 11.4. The molecule has 0 radical (unpaired) electrons. The minimum absolute atomic E-state index is 0.163. The van der Waals surface area contributed by atoms with Crippen molar-refractivity contribution in [1.82, 2.24) is 5.01 Å². The standard InChI is InChI=1S/C27H21ClN2O4/c1-33-20-12-21(34-2)19(28)11-14(20)13-29-30-26(31)24-22-15-7-3-4-8-16(15)23(25(24)27(30)32)18-10-6-5-9-17(18)22/h3-13,22-25H,1-2H3/b29-13-/t22?,23?,24-,25-/m0/s1. The first-order valence-electron chi connectivity index (χ1n) is 11.1. The van der Waals surface area contributed by atoms with Crippen molar-refractivity contribution < 1.29 is 19.1 Å². The molecule has 6 nitrogen and oxygen atoms in total. The smallest absolute Gasteiger partial charge is 0.254 e. The molecule has 4 aliphatic rings. The van der Waals surface area contributed by atoms with Gasteiger partial charge in [0.05, 0.1) is 37.3 Å². The Labute approximate surface area is 201 Å². The van der Waals surface area contributed by atoms with E-state index in [1.807, 2.05) is 24.3 Å². The number of benzene rings is 3. The molecule has 3 aliphatic carbocycles. The lowest BCUT2D eigenvalue weighted by molar-refractivity contribution is -0.139. The monoisotopic (exact) mass is 472 g/mol. The second kappa shape index (κ2) is 7.71. The number of ether oxygens (including phenoxy) is 2. The molecule has 3 aromatic rings. The molecular weight excluding hydrogens is 452 g/mol. The first kappa shape index (κ1) is 20.9. The number of amides is 2. The third-order valence-corrected chi connectivity index (χ3v) is 7.54. The normalized spacial score (nSPS) is 24.3. The van der Waals surface area contributed by atoms with Crippen LogP contribution in [0.1, 0.15) is 39.7 Å². The van der Waals surface area contributed by atoms with Crippen LogP contribution in [0.25, 0.3) is 0 Å². The number of halogens is 1. The van der Waals surface area contributed by atoms with Gasteiger partial charge in [0.2, 0.25) is 0 Å². The maximum atomic E-state index is 13.6. The van der Waals surface area contributed by atoms with Gasteiger partial charge in [-0.2, -0.15) is 10.1 Å². The second-order valence-electron chi connectivity index (χ2n) is 8.73. The van der Waals surface area contributed by atoms with Gasteiger partial charge >= 0.3 is 0 Å². The van der Waals surface area contributed by atoms with Crippen molar-refractivity contribution in [1.29, 1.82) is 0 Å². The molecule has 1 fully saturated rings. The molecule has 1 aliphatic heterocycles. The lowest BCUT2D eigenvalue weighted by Gasteiger charge is -2.45. The highest BCUT2D eigenvalue weighted by atomic mass is 35.5. The average molecular weight is 473 g/mol. The summed E-state index contributed by atoms with van der Waals surface area (Å²) in [6.45, 7) is 0. The number of hydrogen-bond acceptors (Lipinski definition) is 5. The Hall–Kier alpha value is -3.64. The molecule has 2 bridgehead atoms. The van der Waals surface area contributed by atoms with Crippen LogP contribution in [0, 0.1) is 11.8 Å². The van der Waals surface area contributed by atoms with Gasteiger partial charge in [-0.15, -0.1) is 0 Å². The van der Waals surface area contributed by atoms with Gasteiger partial charge in [0, 0.05) is 23.5 Å². The summed E-state index contributed by atoms with van der Waals surface area (Å²) in [7, 11) is 3.04. The van der Waals surface area contributed by atoms with Crippen LogP contribution in [0.2, 0.25) is 5.02 Å². The Kier molecular flexibility index (Phi) is 4.74. The topological polar surface area (TPSA) is 68.2 Å². The Balaban J connectivity index is 1.42. The number of carbonyl (C=O) groups excluding carboxylic acids is 2. The van der Waals surface area contributed by atoms with E-state index in [9.17, 15) is 9.59 Å². The molecule has 1 heterocycles. The van der Waals surface area contributed by atoms with Gasteiger partial charge in [-0.25, -0.2) is 0 Å². The Morgan fingerprint density at radius 3 is 1.71 bits per heavy atom. The van der Waals surface area contributed by atoms with Crippen molar-refractivity contribution in [3.05, 3.63) is 93.5 Å². The number of nitrogens with zero attached hydrogens (tertiary/aromatic N) is 2. The summed E-state index contributed by atoms with van der Waals surface area (Å²) in [6.07, 6.45) is 1.44. The second-order valence-corrected chi connectivity index (χ2v) is 9.13. The van der Waals surface area contributed by atoms with Crippen LogP contribution in [-0.2, 0) is 9.59 Å². The first-order chi connectivity index (χ1) is 16.5. The average Bonchev–Trinajstić information content (AvgIpc) is 3.12. The van der Waals surface area contributed by atoms with Gasteiger partial charge in [0.15, 0.2) is 0 Å².